The van der Waals surface area contributed by atoms with Gasteiger partial charge in [-0.25, -0.2) is 0 Å². The van der Waals surface area contributed by atoms with Gasteiger partial charge in [0.2, 0.25) is 0 Å². The summed E-state index contributed by atoms with van der Waals surface area (Å²) in [7, 11) is 0. The van der Waals surface area contributed by atoms with Crippen LogP contribution >= 0.6 is 0 Å². The molecule has 0 aromatic heterocycles. The molecule has 0 aliphatic heterocycles. The fourth-order valence-electron chi connectivity index (χ4n) is 10.8. The molecule has 5 aliphatic carbocycles. The number of rotatable bonds is 4. The van der Waals surface area contributed by atoms with Crippen LogP contribution < -0.4 is 0 Å². The Labute approximate surface area is 247 Å². The highest BCUT2D eigenvalue weighted by atomic mass is 16.5. The third kappa shape index (κ3) is 4.24. The number of hydrogen-bond donors (Lipinski definition) is 0. The van der Waals surface area contributed by atoms with E-state index < -0.39 is 10.8 Å². The summed E-state index contributed by atoms with van der Waals surface area (Å²) in [5, 5.41) is 9.93. The molecule has 224 valence electrons. The van der Waals surface area contributed by atoms with Crippen LogP contribution in [0.25, 0.3) is 0 Å². The van der Waals surface area contributed by atoms with Crippen LogP contribution in [0.15, 0.2) is 23.3 Å². The molecule has 5 heteroatoms. The predicted octanol–water partition coefficient (Wildman–Crippen LogP) is 7.94. The van der Waals surface area contributed by atoms with Crippen LogP contribution in [0.3, 0.4) is 0 Å². The molecule has 0 radical (unpaired) electrons. The first kappa shape index (κ1) is 30.2. The molecule has 7 atom stereocenters. The summed E-state index contributed by atoms with van der Waals surface area (Å²) < 4.78 is 5.53. The standard InChI is InChI=1S/C36H51NO4/c1-22(2)41-28(39)11-13-36-16-14-31(3,4)20-24(36)29-25(38)18-27-33(7)19-23(21-37)30(40)32(5,6)26(33)10-12-34(27,8)35(29,9)15-17-36/h18-19,22,24,26,29H,10-17,20H2,1-9H3. The molecular weight excluding hydrogens is 510 g/mol. The Hall–Kier alpha value is -2.22. The molecule has 41 heavy (non-hydrogen) atoms. The van der Waals surface area contributed by atoms with Crippen LogP contribution in [0, 0.1) is 61.6 Å². The van der Waals surface area contributed by atoms with Crippen molar-refractivity contribution in [1.82, 2.24) is 0 Å². The van der Waals surface area contributed by atoms with Gasteiger partial charge in [0.1, 0.15) is 6.07 Å². The summed E-state index contributed by atoms with van der Waals surface area (Å²) in [5.41, 5.74) is -0.107. The number of carbonyl (C=O) groups excluding carboxylic acids is 3. The second kappa shape index (κ2) is 9.39. The van der Waals surface area contributed by atoms with Crippen molar-refractivity contribution in [3.63, 3.8) is 0 Å². The van der Waals surface area contributed by atoms with Gasteiger partial charge in [-0.2, -0.15) is 5.26 Å². The largest absolute Gasteiger partial charge is 0.463 e. The van der Waals surface area contributed by atoms with Gasteiger partial charge in [-0.3, -0.25) is 14.4 Å². The third-order valence-corrected chi connectivity index (χ3v) is 13.2. The molecule has 5 rings (SSSR count). The number of allylic oxidation sites excluding steroid dienone is 4. The molecule has 0 heterocycles. The Bertz CT molecular complexity index is 1280. The third-order valence-electron chi connectivity index (χ3n) is 13.2. The molecule has 7 unspecified atom stereocenters. The van der Waals surface area contributed by atoms with Crippen molar-refractivity contribution in [1.29, 1.82) is 5.26 Å². The van der Waals surface area contributed by atoms with Crippen LogP contribution in [0.4, 0.5) is 0 Å². The van der Waals surface area contributed by atoms with E-state index in [1.54, 1.807) is 0 Å². The van der Waals surface area contributed by atoms with E-state index in [0.29, 0.717) is 6.42 Å². The van der Waals surface area contributed by atoms with Crippen LogP contribution in [-0.2, 0) is 19.1 Å². The lowest BCUT2D eigenvalue weighted by Crippen LogP contribution is -2.64. The minimum Gasteiger partial charge on any atom is -0.463 e. The zero-order valence-corrected chi connectivity index (χ0v) is 26.9. The first-order chi connectivity index (χ1) is 18.9. The van der Waals surface area contributed by atoms with Crippen molar-refractivity contribution >= 4 is 17.5 Å². The second-order valence-electron chi connectivity index (χ2n) is 16.7. The maximum atomic E-state index is 14.6. The molecule has 0 N–H and O–H groups in total. The molecule has 0 saturated heterocycles. The van der Waals surface area contributed by atoms with Crippen molar-refractivity contribution in [2.45, 2.75) is 126 Å². The number of esters is 1. The highest BCUT2D eigenvalue weighted by Crippen LogP contribution is 2.75. The van der Waals surface area contributed by atoms with Crippen molar-refractivity contribution in [3.8, 4) is 6.07 Å². The summed E-state index contributed by atoms with van der Waals surface area (Å²) in [6.07, 6.45) is 12.0. The van der Waals surface area contributed by atoms with Gasteiger partial charge >= 0.3 is 5.97 Å². The first-order valence-electron chi connectivity index (χ1n) is 16.0. The lowest BCUT2D eigenvalue weighted by Gasteiger charge is -2.69. The zero-order valence-electron chi connectivity index (χ0n) is 26.9. The van der Waals surface area contributed by atoms with Crippen LogP contribution in [-0.4, -0.2) is 23.6 Å². The maximum absolute atomic E-state index is 14.6. The number of fused-ring (bicyclic) bond motifs is 7. The van der Waals surface area contributed by atoms with Crippen molar-refractivity contribution < 1.29 is 19.1 Å². The highest BCUT2D eigenvalue weighted by molar-refractivity contribution is 6.04. The van der Waals surface area contributed by atoms with Gasteiger partial charge in [0.25, 0.3) is 0 Å². The van der Waals surface area contributed by atoms with Crippen molar-refractivity contribution in [2.24, 2.45) is 50.2 Å². The molecular formula is C36H51NO4. The molecule has 0 bridgehead atoms. The van der Waals surface area contributed by atoms with E-state index in [-0.39, 0.29) is 68.6 Å². The predicted molar refractivity (Wildman–Crippen MR) is 159 cm³/mol. The van der Waals surface area contributed by atoms with Crippen molar-refractivity contribution in [2.75, 3.05) is 0 Å². The number of nitrogens with zero attached hydrogens (tertiary/aromatic N) is 1. The minimum absolute atomic E-state index is 0.0265. The SMILES string of the molecule is CC(C)OC(=O)CCC12CCC(C)(C)CC1C1C(=O)C=C3C4(C)C=C(C#N)C(=O)C(C)(C)C4CCC3(C)C1(C)CC2. The smallest absolute Gasteiger partial charge is 0.306 e. The minimum atomic E-state index is -0.656. The lowest BCUT2D eigenvalue weighted by atomic mass is 9.34. The molecule has 0 aromatic rings. The fraction of sp³-hybridized carbons (Fsp3) is 0.778. The quantitative estimate of drug-likeness (QED) is 0.325. The average molecular weight is 562 g/mol. The number of ether oxygens (including phenoxy) is 1. The summed E-state index contributed by atoms with van der Waals surface area (Å²) in [5.74, 6) is 0.203. The molecule has 3 fully saturated rings. The first-order valence-corrected chi connectivity index (χ1v) is 16.0. The second-order valence-corrected chi connectivity index (χ2v) is 16.7. The summed E-state index contributed by atoms with van der Waals surface area (Å²) >= 11 is 0. The number of hydrogen-bond acceptors (Lipinski definition) is 5. The van der Waals surface area contributed by atoms with E-state index in [0.717, 1.165) is 56.9 Å². The molecule has 0 aromatic carbocycles. The van der Waals surface area contributed by atoms with Crippen molar-refractivity contribution in [3.05, 3.63) is 23.3 Å². The summed E-state index contributed by atoms with van der Waals surface area (Å²) in [6.45, 7) is 19.4. The van der Waals surface area contributed by atoms with Gasteiger partial charge < -0.3 is 4.74 Å². The van der Waals surface area contributed by atoms with Crippen LogP contribution in [0.1, 0.15) is 120 Å². The lowest BCUT2D eigenvalue weighted by molar-refractivity contribution is -0.174. The summed E-state index contributed by atoms with van der Waals surface area (Å²) in [6, 6.07) is 2.20. The highest BCUT2D eigenvalue weighted by Gasteiger charge is 2.69. The Morgan fingerprint density at radius 2 is 1.68 bits per heavy atom. The monoisotopic (exact) mass is 561 g/mol. The van der Waals surface area contributed by atoms with E-state index in [4.69, 9.17) is 4.74 Å². The Morgan fingerprint density at radius 1 is 1.02 bits per heavy atom. The summed E-state index contributed by atoms with van der Waals surface area (Å²) in [4.78, 5) is 40.6. The van der Waals surface area contributed by atoms with Crippen LogP contribution in [0.2, 0.25) is 0 Å². The van der Waals surface area contributed by atoms with Gasteiger partial charge in [0.15, 0.2) is 11.6 Å². The van der Waals surface area contributed by atoms with Gasteiger partial charge in [0.05, 0.1) is 11.7 Å². The molecule has 3 saturated carbocycles. The zero-order chi connectivity index (χ0) is 30.4. The van der Waals surface area contributed by atoms with E-state index >= 15 is 0 Å². The number of ketones is 2. The van der Waals surface area contributed by atoms with Gasteiger partial charge in [-0.05, 0) is 105 Å². The van der Waals surface area contributed by atoms with Gasteiger partial charge in [-0.1, -0.05) is 60.1 Å². The van der Waals surface area contributed by atoms with Crippen LogP contribution in [0.5, 0.6) is 0 Å². The Morgan fingerprint density at radius 3 is 2.32 bits per heavy atom. The number of Topliss-reactive ketones (excluding diaryl/α,β-unsaturated/α-hetero) is 1. The maximum Gasteiger partial charge on any atom is 0.306 e. The number of carbonyl (C=O) groups is 3. The average Bonchev–Trinajstić information content (AvgIpc) is 2.86. The van der Waals surface area contributed by atoms with E-state index in [9.17, 15) is 19.6 Å². The topological polar surface area (TPSA) is 84.2 Å². The number of nitriles is 1. The fourth-order valence-corrected chi connectivity index (χ4v) is 10.8. The van der Waals surface area contributed by atoms with Gasteiger partial charge in [-0.15, -0.1) is 0 Å². The Kier molecular flexibility index (Phi) is 6.93. The van der Waals surface area contributed by atoms with E-state index in [1.807, 2.05) is 39.8 Å². The molecule has 0 amide bonds. The molecule has 5 aliphatic rings. The van der Waals surface area contributed by atoms with E-state index in [2.05, 4.69) is 40.7 Å². The molecule has 5 nitrogen and oxygen atoms in total. The van der Waals surface area contributed by atoms with E-state index in [1.165, 1.54) is 0 Å². The normalized spacial score (nSPS) is 42.5. The van der Waals surface area contributed by atoms with Gasteiger partial charge in [0, 0.05) is 23.2 Å². The Balaban J connectivity index is 1.60. The molecule has 0 spiro atoms.